The monoisotopic (exact) mass is 681 g/mol. The lowest BCUT2D eigenvalue weighted by atomic mass is 9.83. The second-order valence-electron chi connectivity index (χ2n) is 11.3. The number of rotatable bonds is 10. The third-order valence-electron chi connectivity index (χ3n) is 7.61. The molecular weight excluding hydrogens is 634 g/mol. The Labute approximate surface area is 258 Å². The van der Waals surface area contributed by atoms with Crippen molar-refractivity contribution in [2.24, 2.45) is 22.9 Å². The van der Waals surface area contributed by atoms with E-state index < -0.39 is 120 Å². The molecule has 1 saturated carbocycles. The van der Waals surface area contributed by atoms with Crippen molar-refractivity contribution in [3.8, 4) is 0 Å². The van der Waals surface area contributed by atoms with Gasteiger partial charge >= 0.3 is 10.4 Å². The molecule has 18 N–H and O–H groups in total. The summed E-state index contributed by atoms with van der Waals surface area (Å²) in [5, 5.41) is 75.4. The zero-order valence-corrected chi connectivity index (χ0v) is 25.4. The molecule has 0 aromatic rings. The van der Waals surface area contributed by atoms with Crippen molar-refractivity contribution in [3.63, 3.8) is 0 Å². The summed E-state index contributed by atoms with van der Waals surface area (Å²) in [4.78, 5) is 12.5. The highest BCUT2D eigenvalue weighted by Gasteiger charge is 2.53. The molecule has 17 atom stereocenters. The molecule has 45 heavy (non-hydrogen) atoms. The standard InChI is InChI=1S/C23H45N5O12.H2O4S/c1-6(25)17-15(34)16(35)23(37-17)40-20-12(31)9(28-21(36)10(30)3-4-24)5-8(26)19(20)39-22-11(27)13(32)14(33)18(38-22)7(2)29;1-5(2,3)4/h6-20,22-23,29-35H,3-5,24-27H2,1-2H3,(H,28,36);(H2,1,2,3,4)/t6-,7+,8-,9+,10-,11+,12-,13+,14-,15-,16+,17+,18+,19+,20+,22+,23-;/m0./s1. The first-order valence-electron chi connectivity index (χ1n) is 14.0. The van der Waals surface area contributed by atoms with Crippen LogP contribution < -0.4 is 28.3 Å². The van der Waals surface area contributed by atoms with Crippen molar-refractivity contribution in [1.82, 2.24) is 5.32 Å². The second kappa shape index (κ2) is 16.7. The normalized spacial score (nSPS) is 42.6. The molecule has 0 radical (unpaired) electrons. The van der Waals surface area contributed by atoms with E-state index in [2.05, 4.69) is 5.32 Å². The van der Waals surface area contributed by atoms with Crippen LogP contribution in [0.2, 0.25) is 0 Å². The number of aliphatic hydroxyl groups excluding tert-OH is 7. The lowest BCUT2D eigenvalue weighted by molar-refractivity contribution is -0.315. The van der Waals surface area contributed by atoms with E-state index in [-0.39, 0.29) is 19.4 Å². The molecule has 2 aliphatic heterocycles. The Hall–Kier alpha value is -1.26. The van der Waals surface area contributed by atoms with Gasteiger partial charge in [0.1, 0.15) is 61.0 Å². The molecule has 2 saturated heterocycles. The Bertz CT molecular complexity index is 1040. The number of carbonyl (C=O) groups excluding carboxylic acids is 1. The molecule has 3 fully saturated rings. The van der Waals surface area contributed by atoms with Gasteiger partial charge in [0.25, 0.3) is 0 Å². The van der Waals surface area contributed by atoms with Crippen LogP contribution in [0.4, 0.5) is 0 Å². The molecule has 2 heterocycles. The first-order chi connectivity index (χ1) is 20.7. The van der Waals surface area contributed by atoms with E-state index in [1.165, 1.54) is 6.92 Å². The summed E-state index contributed by atoms with van der Waals surface area (Å²) in [5.74, 6) is -0.807. The number of aliphatic hydroxyl groups is 7. The van der Waals surface area contributed by atoms with E-state index in [1.807, 2.05) is 0 Å². The minimum atomic E-state index is -4.67. The summed E-state index contributed by atoms with van der Waals surface area (Å²) in [5.41, 5.74) is 23.7. The van der Waals surface area contributed by atoms with E-state index in [0.717, 1.165) is 0 Å². The predicted molar refractivity (Wildman–Crippen MR) is 149 cm³/mol. The topological polar surface area (TPSA) is 386 Å². The Morgan fingerprint density at radius 2 is 1.40 bits per heavy atom. The van der Waals surface area contributed by atoms with Gasteiger partial charge in [-0.2, -0.15) is 8.42 Å². The fraction of sp³-hybridized carbons (Fsp3) is 0.957. The van der Waals surface area contributed by atoms with Crippen molar-refractivity contribution >= 4 is 16.3 Å². The maximum Gasteiger partial charge on any atom is 0.394 e. The maximum absolute atomic E-state index is 12.5. The summed E-state index contributed by atoms with van der Waals surface area (Å²) < 4.78 is 54.7. The molecule has 0 unspecified atom stereocenters. The van der Waals surface area contributed by atoms with E-state index in [4.69, 9.17) is 59.4 Å². The average Bonchev–Trinajstić information content (AvgIpc) is 3.20. The minimum absolute atomic E-state index is 0.0272. The zero-order valence-electron chi connectivity index (χ0n) is 24.5. The summed E-state index contributed by atoms with van der Waals surface area (Å²) in [6, 6.07) is -4.07. The maximum atomic E-state index is 12.5. The largest absolute Gasteiger partial charge is 0.394 e. The fourth-order valence-electron chi connectivity index (χ4n) is 5.24. The highest BCUT2D eigenvalue weighted by atomic mass is 32.3. The molecule has 22 heteroatoms. The highest BCUT2D eigenvalue weighted by molar-refractivity contribution is 7.79. The fourth-order valence-corrected chi connectivity index (χ4v) is 5.24. The van der Waals surface area contributed by atoms with Gasteiger partial charge in [0.05, 0.1) is 18.2 Å². The SMILES string of the molecule is C[C@H](N)[C@H]1O[C@@H](O[C@@H]2[C@@H](O)[C@H](NC(=O)[C@@H](O)CCN)C[C@H](N)[C@H]2O[C@H]2O[C@H]([C@@H](C)O)[C@@H](O)[C@H](O)[C@H]2N)[C@H](O)[C@@H]1O.O=S(=O)(O)O. The van der Waals surface area contributed by atoms with Crippen LogP contribution in [-0.4, -0.2) is 170 Å². The van der Waals surface area contributed by atoms with Crippen LogP contribution in [0.1, 0.15) is 26.7 Å². The molecule has 0 aromatic carbocycles. The van der Waals surface area contributed by atoms with Gasteiger partial charge in [-0.1, -0.05) is 0 Å². The van der Waals surface area contributed by atoms with Crippen LogP contribution in [0, 0.1) is 0 Å². The number of amides is 1. The van der Waals surface area contributed by atoms with E-state index in [0.29, 0.717) is 0 Å². The van der Waals surface area contributed by atoms with Gasteiger partial charge in [-0.25, -0.2) is 0 Å². The Morgan fingerprint density at radius 1 is 0.889 bits per heavy atom. The van der Waals surface area contributed by atoms with Gasteiger partial charge in [0.15, 0.2) is 12.6 Å². The number of hydrogen-bond acceptors (Lipinski definition) is 18. The van der Waals surface area contributed by atoms with Gasteiger partial charge in [-0.3, -0.25) is 13.9 Å². The van der Waals surface area contributed by atoms with Crippen LogP contribution in [0.5, 0.6) is 0 Å². The smallest absolute Gasteiger partial charge is 0.391 e. The molecule has 1 amide bonds. The van der Waals surface area contributed by atoms with Crippen LogP contribution in [0.3, 0.4) is 0 Å². The third kappa shape index (κ3) is 10.6. The summed E-state index contributed by atoms with van der Waals surface area (Å²) in [7, 11) is -4.67. The molecule has 3 rings (SSSR count). The summed E-state index contributed by atoms with van der Waals surface area (Å²) >= 11 is 0. The Kier molecular flexibility index (Phi) is 14.8. The van der Waals surface area contributed by atoms with Crippen molar-refractivity contribution in [2.45, 2.75) is 131 Å². The van der Waals surface area contributed by atoms with E-state index >= 15 is 0 Å². The number of hydrogen-bond donors (Lipinski definition) is 14. The first kappa shape index (κ1) is 39.9. The summed E-state index contributed by atoms with van der Waals surface area (Å²) in [6.07, 6.45) is -18.4. The van der Waals surface area contributed by atoms with Crippen LogP contribution in [0.15, 0.2) is 0 Å². The Balaban J connectivity index is 0.00000130. The van der Waals surface area contributed by atoms with Crippen LogP contribution in [0.25, 0.3) is 0 Å². The second-order valence-corrected chi connectivity index (χ2v) is 12.2. The minimum Gasteiger partial charge on any atom is -0.391 e. The quantitative estimate of drug-likeness (QED) is 0.0951. The van der Waals surface area contributed by atoms with Gasteiger partial charge in [0, 0.05) is 12.1 Å². The van der Waals surface area contributed by atoms with Crippen molar-refractivity contribution in [1.29, 1.82) is 0 Å². The van der Waals surface area contributed by atoms with Crippen molar-refractivity contribution < 1.29 is 77.0 Å². The number of nitrogens with two attached hydrogens (primary N) is 4. The van der Waals surface area contributed by atoms with Gasteiger partial charge in [0.2, 0.25) is 5.91 Å². The van der Waals surface area contributed by atoms with Crippen molar-refractivity contribution in [2.75, 3.05) is 6.54 Å². The van der Waals surface area contributed by atoms with Crippen molar-refractivity contribution in [3.05, 3.63) is 0 Å². The van der Waals surface area contributed by atoms with Crippen LogP contribution in [-0.2, 0) is 34.1 Å². The molecule has 0 spiro atoms. The first-order valence-corrected chi connectivity index (χ1v) is 15.4. The lowest BCUT2D eigenvalue weighted by Crippen LogP contribution is -2.69. The third-order valence-corrected chi connectivity index (χ3v) is 7.61. The molecule has 1 aliphatic carbocycles. The Morgan fingerprint density at radius 3 is 1.89 bits per heavy atom. The van der Waals surface area contributed by atoms with E-state index in [9.17, 15) is 40.5 Å². The molecule has 21 nitrogen and oxygen atoms in total. The average molecular weight is 682 g/mol. The van der Waals surface area contributed by atoms with Gasteiger partial charge < -0.3 is 82.9 Å². The van der Waals surface area contributed by atoms with E-state index in [1.54, 1.807) is 6.92 Å². The summed E-state index contributed by atoms with van der Waals surface area (Å²) in [6.45, 7) is 2.93. The molecule has 0 bridgehead atoms. The zero-order chi connectivity index (χ0) is 34.5. The molecule has 266 valence electrons. The number of ether oxygens (including phenoxy) is 4. The van der Waals surface area contributed by atoms with Gasteiger partial charge in [-0.05, 0) is 33.2 Å². The predicted octanol–water partition coefficient (Wildman–Crippen LogP) is -7.66. The number of nitrogens with one attached hydrogen (secondary N) is 1. The molecule has 0 aromatic heterocycles. The molecular formula is C23H47N5O16S. The molecule has 3 aliphatic rings. The highest BCUT2D eigenvalue weighted by Crippen LogP contribution is 2.33. The van der Waals surface area contributed by atoms with Gasteiger partial charge in [-0.15, -0.1) is 0 Å². The van der Waals surface area contributed by atoms with Crippen LogP contribution >= 0.6 is 0 Å². The number of carbonyl (C=O) groups is 1. The lowest BCUT2D eigenvalue weighted by Gasteiger charge is -2.48.